The number of hydrogen-bond acceptors (Lipinski definition) is 4. The highest BCUT2D eigenvalue weighted by Gasteiger charge is 2.25. The molecule has 0 radical (unpaired) electrons. The van der Waals surface area contributed by atoms with Crippen molar-refractivity contribution in [3.05, 3.63) is 72.6 Å². The first-order valence-electron chi connectivity index (χ1n) is 9.53. The van der Waals surface area contributed by atoms with E-state index in [1.807, 2.05) is 24.4 Å². The van der Waals surface area contributed by atoms with E-state index in [1.54, 1.807) is 30.5 Å². The summed E-state index contributed by atoms with van der Waals surface area (Å²) >= 11 is 0. The molecule has 2 N–H and O–H groups in total. The summed E-state index contributed by atoms with van der Waals surface area (Å²) < 4.78 is 8.04. The van der Waals surface area contributed by atoms with Crippen molar-refractivity contribution in [1.29, 1.82) is 0 Å². The molecule has 0 aliphatic carbocycles. The third-order valence-corrected chi connectivity index (χ3v) is 5.12. The van der Waals surface area contributed by atoms with Gasteiger partial charge in [-0.25, -0.2) is 0 Å². The number of benzene rings is 2. The largest absolute Gasteiger partial charge is 0.492 e. The molecule has 7 nitrogen and oxygen atoms in total. The van der Waals surface area contributed by atoms with Crippen LogP contribution in [0.15, 0.2) is 67.0 Å². The molecular formula is C23H20N2O5. The lowest BCUT2D eigenvalue weighted by Crippen LogP contribution is -2.25. The average Bonchev–Trinajstić information content (AvgIpc) is 3.07. The summed E-state index contributed by atoms with van der Waals surface area (Å²) in [6.45, 7) is 1.08. The fraction of sp³-hybridized carbons (Fsp3) is 0.174. The zero-order valence-electron chi connectivity index (χ0n) is 16.1. The summed E-state index contributed by atoms with van der Waals surface area (Å²) in [5.41, 5.74) is 2.80. The number of carboxylic acid groups (broad SMARTS) is 2. The smallest absolute Gasteiger partial charge is 0.318 e. The molecule has 0 saturated carbocycles. The van der Waals surface area contributed by atoms with Crippen molar-refractivity contribution >= 4 is 33.7 Å². The van der Waals surface area contributed by atoms with Crippen LogP contribution < -0.4 is 4.74 Å². The van der Waals surface area contributed by atoms with Gasteiger partial charge in [-0.1, -0.05) is 30.3 Å². The van der Waals surface area contributed by atoms with E-state index in [9.17, 15) is 9.59 Å². The van der Waals surface area contributed by atoms with Gasteiger partial charge in [0, 0.05) is 22.5 Å². The number of aliphatic carboxylic acids is 2. The molecular weight excluding hydrogens is 384 g/mol. The Labute approximate surface area is 172 Å². The van der Waals surface area contributed by atoms with Crippen molar-refractivity contribution in [1.82, 2.24) is 9.55 Å². The van der Waals surface area contributed by atoms with E-state index in [1.165, 1.54) is 5.39 Å². The average molecular weight is 404 g/mol. The minimum Gasteiger partial charge on any atom is -0.492 e. The second-order valence-electron chi connectivity index (χ2n) is 6.99. The Morgan fingerprint density at radius 3 is 2.37 bits per heavy atom. The molecule has 152 valence electrons. The first-order valence-corrected chi connectivity index (χ1v) is 9.53. The molecule has 0 amide bonds. The minimum atomic E-state index is -1.46. The number of fused-ring (bicyclic) bond motifs is 3. The van der Waals surface area contributed by atoms with Crippen LogP contribution in [0.1, 0.15) is 5.56 Å². The maximum atomic E-state index is 11.0. The summed E-state index contributed by atoms with van der Waals surface area (Å²) in [5.74, 6) is -3.51. The SMILES string of the molecule is O=C(O)C(Cc1ccc(OCCn2c3ccccc3c3ccncc32)cc1)C(=O)O. The van der Waals surface area contributed by atoms with Gasteiger partial charge in [0.25, 0.3) is 0 Å². The summed E-state index contributed by atoms with van der Waals surface area (Å²) in [4.78, 5) is 26.3. The van der Waals surface area contributed by atoms with Crippen LogP contribution in [0.4, 0.5) is 0 Å². The third-order valence-electron chi connectivity index (χ3n) is 5.12. The van der Waals surface area contributed by atoms with E-state index in [2.05, 4.69) is 21.7 Å². The lowest BCUT2D eigenvalue weighted by Gasteiger charge is -2.11. The Morgan fingerprint density at radius 2 is 1.63 bits per heavy atom. The molecule has 4 aromatic rings. The summed E-state index contributed by atoms with van der Waals surface area (Å²) in [5, 5.41) is 20.3. The molecule has 2 aromatic carbocycles. The Morgan fingerprint density at radius 1 is 0.933 bits per heavy atom. The van der Waals surface area contributed by atoms with Gasteiger partial charge in [-0.15, -0.1) is 0 Å². The van der Waals surface area contributed by atoms with Gasteiger partial charge >= 0.3 is 11.9 Å². The number of aromatic nitrogens is 2. The van der Waals surface area contributed by atoms with Crippen LogP contribution in [-0.4, -0.2) is 38.3 Å². The molecule has 0 aliphatic heterocycles. The lowest BCUT2D eigenvalue weighted by atomic mass is 10.00. The van der Waals surface area contributed by atoms with Gasteiger partial charge < -0.3 is 19.5 Å². The highest BCUT2D eigenvalue weighted by atomic mass is 16.5. The maximum Gasteiger partial charge on any atom is 0.318 e. The predicted molar refractivity (Wildman–Crippen MR) is 112 cm³/mol. The number of nitrogens with zero attached hydrogens (tertiary/aromatic N) is 2. The van der Waals surface area contributed by atoms with E-state index in [0.717, 1.165) is 16.4 Å². The third kappa shape index (κ3) is 3.82. The maximum absolute atomic E-state index is 11.0. The van der Waals surface area contributed by atoms with Gasteiger partial charge in [0.05, 0.1) is 18.3 Å². The van der Waals surface area contributed by atoms with Gasteiger partial charge in [0.1, 0.15) is 12.4 Å². The number of carbonyl (C=O) groups is 2. The number of rotatable bonds is 8. The normalized spacial score (nSPS) is 11.2. The molecule has 2 heterocycles. The summed E-state index contributed by atoms with van der Waals surface area (Å²) in [6, 6.07) is 17.0. The van der Waals surface area contributed by atoms with Crippen molar-refractivity contribution in [3.8, 4) is 5.75 Å². The topological polar surface area (TPSA) is 102 Å². The molecule has 0 atom stereocenters. The van der Waals surface area contributed by atoms with Gasteiger partial charge in [-0.3, -0.25) is 14.6 Å². The molecule has 0 bridgehead atoms. The van der Waals surface area contributed by atoms with Crippen LogP contribution >= 0.6 is 0 Å². The standard InChI is InChI=1S/C23H20N2O5/c26-22(27)19(23(28)29)13-15-5-7-16(8-6-15)30-12-11-25-20-4-2-1-3-17(20)18-9-10-24-14-21(18)25/h1-10,14,19H,11-13H2,(H,26,27)(H,28,29). The van der Waals surface area contributed by atoms with E-state index >= 15 is 0 Å². The Bertz CT molecular complexity index is 1150. The molecule has 0 unspecified atom stereocenters. The number of carboxylic acids is 2. The minimum absolute atomic E-state index is 0.0701. The van der Waals surface area contributed by atoms with Gasteiger partial charge in [-0.2, -0.15) is 0 Å². The molecule has 30 heavy (non-hydrogen) atoms. The highest BCUT2D eigenvalue weighted by Crippen LogP contribution is 2.28. The van der Waals surface area contributed by atoms with Crippen LogP contribution in [0.2, 0.25) is 0 Å². The van der Waals surface area contributed by atoms with Crippen LogP contribution in [-0.2, 0) is 22.6 Å². The number of ether oxygens (including phenoxy) is 1. The highest BCUT2D eigenvalue weighted by molar-refractivity contribution is 6.07. The Kier molecular flexibility index (Phi) is 5.34. The fourth-order valence-electron chi connectivity index (χ4n) is 3.63. The zero-order chi connectivity index (χ0) is 21.1. The molecule has 0 spiro atoms. The van der Waals surface area contributed by atoms with E-state index in [0.29, 0.717) is 24.5 Å². The monoisotopic (exact) mass is 404 g/mol. The van der Waals surface area contributed by atoms with E-state index in [4.69, 9.17) is 14.9 Å². The second-order valence-corrected chi connectivity index (χ2v) is 6.99. The van der Waals surface area contributed by atoms with Gasteiger partial charge in [0.2, 0.25) is 0 Å². The fourth-order valence-corrected chi connectivity index (χ4v) is 3.63. The predicted octanol–water partition coefficient (Wildman–Crippen LogP) is 3.60. The Balaban J connectivity index is 1.45. The number of pyridine rings is 1. The van der Waals surface area contributed by atoms with Crippen molar-refractivity contribution < 1.29 is 24.5 Å². The number of para-hydroxylation sites is 1. The zero-order valence-corrected chi connectivity index (χ0v) is 16.1. The van der Waals surface area contributed by atoms with Crippen LogP contribution in [0.3, 0.4) is 0 Å². The van der Waals surface area contributed by atoms with Gasteiger partial charge in [0.15, 0.2) is 5.92 Å². The van der Waals surface area contributed by atoms with Crippen molar-refractivity contribution in [2.24, 2.45) is 5.92 Å². The van der Waals surface area contributed by atoms with Crippen LogP contribution in [0.5, 0.6) is 5.75 Å². The molecule has 4 rings (SSSR count). The molecule has 0 saturated heterocycles. The van der Waals surface area contributed by atoms with Crippen LogP contribution in [0, 0.1) is 5.92 Å². The van der Waals surface area contributed by atoms with Gasteiger partial charge in [-0.05, 0) is 36.2 Å². The molecule has 0 aliphatic rings. The summed E-state index contributed by atoms with van der Waals surface area (Å²) in [6.07, 6.45) is 3.57. The second kappa shape index (κ2) is 8.24. The Hall–Kier alpha value is -3.87. The van der Waals surface area contributed by atoms with Crippen molar-refractivity contribution in [2.45, 2.75) is 13.0 Å². The van der Waals surface area contributed by atoms with Crippen molar-refractivity contribution in [2.75, 3.05) is 6.61 Å². The number of hydrogen-bond donors (Lipinski definition) is 2. The van der Waals surface area contributed by atoms with E-state index < -0.39 is 17.9 Å². The molecule has 7 heteroatoms. The quantitative estimate of drug-likeness (QED) is 0.435. The van der Waals surface area contributed by atoms with Crippen LogP contribution in [0.25, 0.3) is 21.8 Å². The first kappa shape index (κ1) is 19.4. The summed E-state index contributed by atoms with van der Waals surface area (Å²) in [7, 11) is 0. The van der Waals surface area contributed by atoms with E-state index in [-0.39, 0.29) is 6.42 Å². The first-order chi connectivity index (χ1) is 14.5. The molecule has 0 fully saturated rings. The molecule has 2 aromatic heterocycles. The van der Waals surface area contributed by atoms with Crippen molar-refractivity contribution in [3.63, 3.8) is 0 Å². The lowest BCUT2D eigenvalue weighted by molar-refractivity contribution is -0.154.